The van der Waals surface area contributed by atoms with E-state index in [9.17, 15) is 17.6 Å². The zero-order valence-corrected chi connectivity index (χ0v) is 17.8. The van der Waals surface area contributed by atoms with Gasteiger partial charge in [0.05, 0.1) is 25.3 Å². The highest BCUT2D eigenvalue weighted by Crippen LogP contribution is 2.38. The molecule has 3 nitrogen and oxygen atoms in total. The van der Waals surface area contributed by atoms with Crippen molar-refractivity contribution in [1.29, 1.82) is 0 Å². The van der Waals surface area contributed by atoms with Gasteiger partial charge in [-0.2, -0.15) is 22.1 Å². The van der Waals surface area contributed by atoms with E-state index in [2.05, 4.69) is 0 Å². The van der Waals surface area contributed by atoms with Gasteiger partial charge in [-0.05, 0) is 48.9 Å². The van der Waals surface area contributed by atoms with Crippen LogP contribution < -0.4 is 9.47 Å². The Morgan fingerprint density at radius 3 is 2.25 bits per heavy atom. The summed E-state index contributed by atoms with van der Waals surface area (Å²) < 4.78 is 68.0. The van der Waals surface area contributed by atoms with E-state index in [0.29, 0.717) is 40.4 Å². The van der Waals surface area contributed by atoms with Crippen LogP contribution in [0, 0.1) is 5.82 Å². The lowest BCUT2D eigenvalue weighted by Gasteiger charge is -2.25. The Hall–Kier alpha value is -3.35. The Labute approximate surface area is 183 Å². The third kappa shape index (κ3) is 3.83. The molecule has 1 atom stereocenters. The summed E-state index contributed by atoms with van der Waals surface area (Å²) >= 11 is 0. The topological polar surface area (TPSA) is 21.5 Å². The molecule has 0 saturated carbocycles. The molecule has 32 heavy (non-hydrogen) atoms. The molecule has 0 radical (unpaired) electrons. The lowest BCUT2D eigenvalue weighted by molar-refractivity contribution is -0.483. The molecule has 3 aromatic rings. The number of nitrogens with zero attached hydrogens (tertiary/aromatic N) is 1. The molecular weight excluding hydrogens is 422 g/mol. The van der Waals surface area contributed by atoms with Gasteiger partial charge in [-0.15, -0.1) is 0 Å². The van der Waals surface area contributed by atoms with Crippen LogP contribution in [-0.4, -0.2) is 30.5 Å². The van der Waals surface area contributed by atoms with E-state index in [4.69, 9.17) is 9.47 Å². The van der Waals surface area contributed by atoms with Gasteiger partial charge in [-0.25, -0.2) is 0 Å². The van der Waals surface area contributed by atoms with Gasteiger partial charge in [-0.3, -0.25) is 0 Å². The highest BCUT2D eigenvalue weighted by Gasteiger charge is 2.38. The maximum Gasteiger partial charge on any atom is 0.416 e. The van der Waals surface area contributed by atoms with Gasteiger partial charge in [0.2, 0.25) is 11.4 Å². The SMILES string of the molecule is COc1cc2c(cc1OC)C(c1cccc(C(F)(F)F)c1)=[N+](c1ccccc1F)C(C)C2. The van der Waals surface area contributed by atoms with Crippen molar-refractivity contribution in [2.24, 2.45) is 0 Å². The van der Waals surface area contributed by atoms with Gasteiger partial charge in [0.25, 0.3) is 0 Å². The molecule has 0 amide bonds. The summed E-state index contributed by atoms with van der Waals surface area (Å²) in [4.78, 5) is 0. The van der Waals surface area contributed by atoms with Crippen molar-refractivity contribution in [3.63, 3.8) is 0 Å². The Bertz CT molecular complexity index is 1200. The molecule has 0 aromatic heterocycles. The second-order valence-electron chi connectivity index (χ2n) is 7.67. The predicted octanol–water partition coefficient (Wildman–Crippen LogP) is 5.99. The minimum atomic E-state index is -4.50. The Balaban J connectivity index is 2.08. The zero-order chi connectivity index (χ0) is 23.0. The van der Waals surface area contributed by atoms with E-state index in [-0.39, 0.29) is 6.04 Å². The minimum absolute atomic E-state index is 0.220. The van der Waals surface area contributed by atoms with Crippen LogP contribution in [0.3, 0.4) is 0 Å². The number of halogens is 4. The van der Waals surface area contributed by atoms with E-state index in [0.717, 1.165) is 17.7 Å². The summed E-state index contributed by atoms with van der Waals surface area (Å²) in [6, 6.07) is 14.7. The standard InChI is InChI=1S/C25H22F4NO2/c1-15-11-17-13-22(31-2)23(32-3)14-19(17)24(30(15)21-10-5-4-9-20(21)26)16-7-6-8-18(12-16)25(27,28)29/h4-10,12-15H,11H2,1-3H3/q+1. The number of rotatable bonds is 4. The summed E-state index contributed by atoms with van der Waals surface area (Å²) in [5.74, 6) is 0.521. The van der Waals surface area contributed by atoms with Crippen LogP contribution in [0.15, 0.2) is 60.7 Å². The Morgan fingerprint density at radius 1 is 0.906 bits per heavy atom. The van der Waals surface area contributed by atoms with Crippen molar-refractivity contribution >= 4 is 11.4 Å². The highest BCUT2D eigenvalue weighted by atomic mass is 19.4. The molecule has 0 saturated heterocycles. The van der Waals surface area contributed by atoms with Crippen molar-refractivity contribution in [2.45, 2.75) is 25.6 Å². The number of benzene rings is 3. The smallest absolute Gasteiger partial charge is 0.416 e. The third-order valence-electron chi connectivity index (χ3n) is 5.64. The van der Waals surface area contributed by atoms with Crippen LogP contribution in [-0.2, 0) is 12.6 Å². The number of methoxy groups -OCH3 is 2. The molecule has 3 aromatic carbocycles. The summed E-state index contributed by atoms with van der Waals surface area (Å²) in [5, 5.41) is 0. The van der Waals surface area contributed by atoms with Gasteiger partial charge >= 0.3 is 6.18 Å². The van der Waals surface area contributed by atoms with Crippen LogP contribution in [0.25, 0.3) is 0 Å². The molecule has 0 aliphatic carbocycles. The number of alkyl halides is 3. The Morgan fingerprint density at radius 2 is 1.59 bits per heavy atom. The molecule has 0 spiro atoms. The van der Waals surface area contributed by atoms with E-state index >= 15 is 0 Å². The molecule has 4 rings (SSSR count). The summed E-state index contributed by atoms with van der Waals surface area (Å²) in [5.41, 5.74) is 1.90. The monoisotopic (exact) mass is 444 g/mol. The molecule has 1 heterocycles. The first-order chi connectivity index (χ1) is 15.2. The first-order valence-electron chi connectivity index (χ1n) is 10.1. The van der Waals surface area contributed by atoms with E-state index < -0.39 is 17.6 Å². The zero-order valence-electron chi connectivity index (χ0n) is 17.8. The molecule has 0 N–H and O–H groups in total. The van der Waals surface area contributed by atoms with Gasteiger partial charge in [-0.1, -0.05) is 18.2 Å². The lowest BCUT2D eigenvalue weighted by Crippen LogP contribution is -2.35. The van der Waals surface area contributed by atoms with Crippen molar-refractivity contribution in [3.8, 4) is 11.5 Å². The van der Waals surface area contributed by atoms with E-state index in [1.54, 1.807) is 34.9 Å². The van der Waals surface area contributed by atoms with Crippen LogP contribution in [0.4, 0.5) is 23.2 Å². The quantitative estimate of drug-likeness (QED) is 0.364. The number of ether oxygens (including phenoxy) is 2. The minimum Gasteiger partial charge on any atom is -0.493 e. The second kappa shape index (κ2) is 8.30. The van der Waals surface area contributed by atoms with Crippen LogP contribution in [0.5, 0.6) is 11.5 Å². The van der Waals surface area contributed by atoms with E-state index in [1.807, 2.05) is 13.0 Å². The van der Waals surface area contributed by atoms with Gasteiger partial charge in [0, 0.05) is 18.1 Å². The fourth-order valence-corrected chi connectivity index (χ4v) is 4.21. The molecule has 0 fully saturated rings. The average molecular weight is 444 g/mol. The molecule has 7 heteroatoms. The third-order valence-corrected chi connectivity index (χ3v) is 5.64. The van der Waals surface area contributed by atoms with E-state index in [1.165, 1.54) is 26.4 Å². The van der Waals surface area contributed by atoms with Crippen molar-refractivity contribution < 1.29 is 31.6 Å². The maximum absolute atomic E-state index is 14.9. The fourth-order valence-electron chi connectivity index (χ4n) is 4.21. The van der Waals surface area contributed by atoms with Gasteiger partial charge in [0.15, 0.2) is 23.4 Å². The number of hydrogen-bond acceptors (Lipinski definition) is 2. The molecule has 0 bridgehead atoms. The lowest BCUT2D eigenvalue weighted by atomic mass is 9.88. The summed E-state index contributed by atoms with van der Waals surface area (Å²) in [7, 11) is 3.02. The predicted molar refractivity (Wildman–Crippen MR) is 114 cm³/mol. The van der Waals surface area contributed by atoms with Crippen molar-refractivity contribution in [3.05, 3.63) is 88.7 Å². The summed E-state index contributed by atoms with van der Waals surface area (Å²) in [6.07, 6.45) is -3.95. The van der Waals surface area contributed by atoms with Crippen molar-refractivity contribution in [2.75, 3.05) is 14.2 Å². The maximum atomic E-state index is 14.9. The molecule has 166 valence electrons. The normalized spacial score (nSPS) is 16.0. The highest BCUT2D eigenvalue weighted by molar-refractivity contribution is 6.12. The molecule has 1 aliphatic rings. The fraction of sp³-hybridized carbons (Fsp3) is 0.240. The molecular formula is C25H22F4NO2+. The Kier molecular flexibility index (Phi) is 5.67. The van der Waals surface area contributed by atoms with Gasteiger partial charge < -0.3 is 9.47 Å². The first kappa shape index (κ1) is 21.9. The van der Waals surface area contributed by atoms with Crippen LogP contribution in [0.2, 0.25) is 0 Å². The number of hydrogen-bond donors (Lipinski definition) is 0. The van der Waals surface area contributed by atoms with Crippen LogP contribution >= 0.6 is 0 Å². The average Bonchev–Trinajstić information content (AvgIpc) is 2.77. The molecule has 1 aliphatic heterocycles. The van der Waals surface area contributed by atoms with Gasteiger partial charge in [0.1, 0.15) is 0 Å². The summed E-state index contributed by atoms with van der Waals surface area (Å²) in [6.45, 7) is 1.92. The first-order valence-corrected chi connectivity index (χ1v) is 10.1. The number of para-hydroxylation sites is 1. The van der Waals surface area contributed by atoms with Crippen LogP contribution in [0.1, 0.15) is 29.2 Å². The van der Waals surface area contributed by atoms with Crippen molar-refractivity contribution in [1.82, 2.24) is 0 Å². The number of fused-ring (bicyclic) bond motifs is 1. The largest absolute Gasteiger partial charge is 0.493 e. The second-order valence-corrected chi connectivity index (χ2v) is 7.67. The molecule has 1 unspecified atom stereocenters.